The third-order valence-corrected chi connectivity index (χ3v) is 4.53. The zero-order valence-electron chi connectivity index (χ0n) is 14.3. The number of carbonyl (C=O) groups is 1. The average Bonchev–Trinajstić information content (AvgIpc) is 2.49. The summed E-state index contributed by atoms with van der Waals surface area (Å²) in [6.07, 6.45) is 3.25. The van der Waals surface area contributed by atoms with Crippen LogP contribution in [0.25, 0.3) is 0 Å². The van der Waals surface area contributed by atoms with Crippen LogP contribution in [-0.2, 0) is 4.79 Å². The first kappa shape index (κ1) is 17.3. The predicted molar refractivity (Wildman–Crippen MR) is 91.7 cm³/mol. The summed E-state index contributed by atoms with van der Waals surface area (Å²) in [4.78, 5) is 14.0. The number of guanidine groups is 1. The molecule has 0 spiro atoms. The van der Waals surface area contributed by atoms with Gasteiger partial charge in [0.15, 0.2) is 5.96 Å². The molecule has 1 heterocycles. The van der Waals surface area contributed by atoms with Crippen LogP contribution in [0.4, 0.5) is 0 Å². The topological polar surface area (TPSA) is 79.4 Å². The van der Waals surface area contributed by atoms with Gasteiger partial charge in [-0.25, -0.2) is 0 Å². The van der Waals surface area contributed by atoms with Crippen LogP contribution in [0.3, 0.4) is 0 Å². The van der Waals surface area contributed by atoms with Crippen molar-refractivity contribution in [3.63, 3.8) is 0 Å². The SMILES string of the molecule is Cc1cc(C)c(OC(=O)CCC2CCN(C(=N)N)CC2)c(C)c1. The summed E-state index contributed by atoms with van der Waals surface area (Å²) in [5.41, 5.74) is 8.68. The molecule has 0 aromatic heterocycles. The number of nitrogens with zero attached hydrogens (tertiary/aromatic N) is 1. The van der Waals surface area contributed by atoms with Crippen LogP contribution in [0.15, 0.2) is 12.1 Å². The Balaban J connectivity index is 1.81. The highest BCUT2D eigenvalue weighted by Gasteiger charge is 2.21. The summed E-state index contributed by atoms with van der Waals surface area (Å²) in [6.45, 7) is 7.61. The molecule has 1 aromatic carbocycles. The quantitative estimate of drug-likeness (QED) is 0.387. The summed E-state index contributed by atoms with van der Waals surface area (Å²) in [5, 5.41) is 7.43. The molecule has 2 rings (SSSR count). The molecule has 1 aromatic rings. The number of nitrogens with two attached hydrogens (primary N) is 1. The molecule has 0 aliphatic carbocycles. The normalized spacial score (nSPS) is 15.5. The van der Waals surface area contributed by atoms with Crippen molar-refractivity contribution >= 4 is 11.9 Å². The fraction of sp³-hybridized carbons (Fsp3) is 0.556. The molecule has 0 saturated carbocycles. The molecular formula is C18H27N3O2. The summed E-state index contributed by atoms with van der Waals surface area (Å²) in [6, 6.07) is 4.07. The van der Waals surface area contributed by atoms with Crippen LogP contribution in [0.2, 0.25) is 0 Å². The second-order valence-electron chi connectivity index (χ2n) is 6.56. The van der Waals surface area contributed by atoms with Gasteiger partial charge in [0.2, 0.25) is 0 Å². The van der Waals surface area contributed by atoms with Gasteiger partial charge in [-0.2, -0.15) is 0 Å². The lowest BCUT2D eigenvalue weighted by molar-refractivity contribution is -0.134. The Hall–Kier alpha value is -2.04. The molecule has 5 heteroatoms. The summed E-state index contributed by atoms with van der Waals surface area (Å²) in [7, 11) is 0. The number of carbonyl (C=O) groups excluding carboxylic acids is 1. The molecule has 1 saturated heterocycles. The van der Waals surface area contributed by atoms with Crippen molar-refractivity contribution in [1.82, 2.24) is 4.90 Å². The van der Waals surface area contributed by atoms with Crippen LogP contribution in [0.1, 0.15) is 42.4 Å². The van der Waals surface area contributed by atoms with Crippen LogP contribution < -0.4 is 10.5 Å². The van der Waals surface area contributed by atoms with Gasteiger partial charge >= 0.3 is 5.97 Å². The van der Waals surface area contributed by atoms with Gasteiger partial charge in [0.25, 0.3) is 0 Å². The predicted octanol–water partition coefficient (Wildman–Crippen LogP) is 2.90. The number of esters is 1. The number of hydrogen-bond donors (Lipinski definition) is 2. The number of piperidine rings is 1. The third-order valence-electron chi connectivity index (χ3n) is 4.53. The molecule has 126 valence electrons. The highest BCUT2D eigenvalue weighted by Crippen LogP contribution is 2.26. The van der Waals surface area contributed by atoms with E-state index >= 15 is 0 Å². The highest BCUT2D eigenvalue weighted by atomic mass is 16.5. The van der Waals surface area contributed by atoms with Gasteiger partial charge in [-0.3, -0.25) is 10.2 Å². The standard InChI is InChI=1S/C18H27N3O2/c1-12-10-13(2)17(14(3)11-12)23-16(22)5-4-15-6-8-21(9-7-15)18(19)20/h10-11,15H,4-9H2,1-3H3,(H3,19,20). The van der Waals surface area contributed by atoms with Crippen molar-refractivity contribution in [1.29, 1.82) is 5.41 Å². The smallest absolute Gasteiger partial charge is 0.311 e. The zero-order chi connectivity index (χ0) is 17.0. The molecule has 0 atom stereocenters. The lowest BCUT2D eigenvalue weighted by Gasteiger charge is -2.32. The second kappa shape index (κ2) is 7.49. The minimum absolute atomic E-state index is 0.146. The van der Waals surface area contributed by atoms with E-state index in [1.54, 1.807) is 0 Å². The first-order chi connectivity index (χ1) is 10.9. The van der Waals surface area contributed by atoms with E-state index in [9.17, 15) is 4.79 Å². The third kappa shape index (κ3) is 4.71. The summed E-state index contributed by atoms with van der Waals surface area (Å²) < 4.78 is 5.58. The molecule has 1 fully saturated rings. The molecule has 0 radical (unpaired) electrons. The number of rotatable bonds is 4. The molecule has 3 N–H and O–H groups in total. The van der Waals surface area contributed by atoms with Crippen LogP contribution in [-0.4, -0.2) is 29.9 Å². The Morgan fingerprint density at radius 2 is 1.83 bits per heavy atom. The van der Waals surface area contributed by atoms with Crippen molar-refractivity contribution in [2.45, 2.75) is 46.5 Å². The molecular weight excluding hydrogens is 290 g/mol. The van der Waals surface area contributed by atoms with Crippen LogP contribution >= 0.6 is 0 Å². The molecule has 0 bridgehead atoms. The first-order valence-corrected chi connectivity index (χ1v) is 8.24. The number of aryl methyl sites for hydroxylation is 3. The maximum absolute atomic E-state index is 12.1. The maximum Gasteiger partial charge on any atom is 0.311 e. The molecule has 5 nitrogen and oxygen atoms in total. The Morgan fingerprint density at radius 1 is 1.26 bits per heavy atom. The fourth-order valence-electron chi connectivity index (χ4n) is 3.28. The van der Waals surface area contributed by atoms with E-state index in [1.165, 1.54) is 5.56 Å². The summed E-state index contributed by atoms with van der Waals surface area (Å²) in [5.74, 6) is 1.20. The van der Waals surface area contributed by atoms with E-state index in [2.05, 4.69) is 0 Å². The van der Waals surface area contributed by atoms with E-state index < -0.39 is 0 Å². The van der Waals surface area contributed by atoms with Gasteiger partial charge in [-0.1, -0.05) is 17.7 Å². The zero-order valence-corrected chi connectivity index (χ0v) is 14.3. The average molecular weight is 317 g/mol. The Morgan fingerprint density at radius 3 is 2.35 bits per heavy atom. The lowest BCUT2D eigenvalue weighted by Crippen LogP contribution is -2.42. The first-order valence-electron chi connectivity index (χ1n) is 8.24. The Bertz CT molecular complexity index is 567. The lowest BCUT2D eigenvalue weighted by atomic mass is 9.92. The Labute approximate surface area is 138 Å². The number of hydrogen-bond acceptors (Lipinski definition) is 3. The van der Waals surface area contributed by atoms with E-state index in [4.69, 9.17) is 15.9 Å². The van der Waals surface area contributed by atoms with E-state index in [1.807, 2.05) is 37.8 Å². The monoisotopic (exact) mass is 317 g/mol. The number of ether oxygens (including phenoxy) is 1. The molecule has 1 aliphatic heterocycles. The van der Waals surface area contributed by atoms with Gasteiger partial charge in [-0.15, -0.1) is 0 Å². The van der Waals surface area contributed by atoms with Crippen molar-refractivity contribution in [2.24, 2.45) is 11.7 Å². The molecule has 0 unspecified atom stereocenters. The van der Waals surface area contributed by atoms with Crippen LogP contribution in [0, 0.1) is 32.1 Å². The number of nitrogens with one attached hydrogen (secondary N) is 1. The van der Waals surface area contributed by atoms with Crippen molar-refractivity contribution in [2.75, 3.05) is 13.1 Å². The van der Waals surface area contributed by atoms with E-state index in [0.29, 0.717) is 18.1 Å². The van der Waals surface area contributed by atoms with Gasteiger partial charge < -0.3 is 15.4 Å². The van der Waals surface area contributed by atoms with Crippen LogP contribution in [0.5, 0.6) is 5.75 Å². The fourth-order valence-corrected chi connectivity index (χ4v) is 3.28. The van der Waals surface area contributed by atoms with Gasteiger partial charge in [0, 0.05) is 19.5 Å². The highest BCUT2D eigenvalue weighted by molar-refractivity contribution is 5.74. The molecule has 0 amide bonds. The van der Waals surface area contributed by atoms with Gasteiger partial charge in [0.05, 0.1) is 0 Å². The van der Waals surface area contributed by atoms with E-state index in [0.717, 1.165) is 43.5 Å². The van der Waals surface area contributed by atoms with Crippen molar-refractivity contribution < 1.29 is 9.53 Å². The van der Waals surface area contributed by atoms with E-state index in [-0.39, 0.29) is 11.9 Å². The second-order valence-corrected chi connectivity index (χ2v) is 6.56. The Kier molecular flexibility index (Phi) is 5.64. The maximum atomic E-state index is 12.1. The number of likely N-dealkylation sites (tertiary alicyclic amines) is 1. The van der Waals surface area contributed by atoms with Gasteiger partial charge in [-0.05, 0) is 57.1 Å². The summed E-state index contributed by atoms with van der Waals surface area (Å²) >= 11 is 0. The minimum atomic E-state index is -0.158. The molecule has 23 heavy (non-hydrogen) atoms. The molecule has 1 aliphatic rings. The van der Waals surface area contributed by atoms with Crippen molar-refractivity contribution in [3.05, 3.63) is 28.8 Å². The minimum Gasteiger partial charge on any atom is -0.426 e. The van der Waals surface area contributed by atoms with Gasteiger partial charge in [0.1, 0.15) is 5.75 Å². The van der Waals surface area contributed by atoms with Crippen molar-refractivity contribution in [3.8, 4) is 5.75 Å². The largest absolute Gasteiger partial charge is 0.426 e. The number of benzene rings is 1.